The molecule has 0 N–H and O–H groups in total. The van der Waals surface area contributed by atoms with E-state index < -0.39 is 0 Å². The van der Waals surface area contributed by atoms with Crippen molar-refractivity contribution < 1.29 is 14.3 Å². The molecule has 0 spiro atoms. The fourth-order valence-corrected chi connectivity index (χ4v) is 3.69. The molecule has 4 rings (SSSR count). The summed E-state index contributed by atoms with van der Waals surface area (Å²) in [6.45, 7) is 5.65. The first kappa shape index (κ1) is 18.3. The van der Waals surface area contributed by atoms with Gasteiger partial charge in [-0.05, 0) is 19.1 Å². The fourth-order valence-electron chi connectivity index (χ4n) is 3.69. The number of rotatable bonds is 3. The molecule has 0 bridgehead atoms. The number of benzene rings is 1. The highest BCUT2D eigenvalue weighted by Gasteiger charge is 2.33. The Labute approximate surface area is 164 Å². The third kappa shape index (κ3) is 3.30. The molecule has 1 saturated heterocycles. The third-order valence-corrected chi connectivity index (χ3v) is 5.31. The summed E-state index contributed by atoms with van der Waals surface area (Å²) in [6.07, 6.45) is 3.81. The van der Waals surface area contributed by atoms with Crippen molar-refractivity contribution in [2.24, 2.45) is 9.98 Å². The Morgan fingerprint density at radius 1 is 1.04 bits per heavy atom. The van der Waals surface area contributed by atoms with Crippen LogP contribution >= 0.6 is 0 Å². The lowest BCUT2D eigenvalue weighted by molar-refractivity contribution is 0.0692. The van der Waals surface area contributed by atoms with Crippen LogP contribution in [-0.4, -0.2) is 85.3 Å². The van der Waals surface area contributed by atoms with Crippen molar-refractivity contribution in [3.8, 4) is 11.5 Å². The number of fused-ring (bicyclic) bond motifs is 1. The van der Waals surface area contributed by atoms with Gasteiger partial charge in [-0.2, -0.15) is 0 Å². The zero-order valence-electron chi connectivity index (χ0n) is 16.5. The maximum Gasteiger partial charge on any atom is 0.254 e. The minimum Gasteiger partial charge on any atom is -0.497 e. The average molecular weight is 383 g/mol. The third-order valence-electron chi connectivity index (χ3n) is 5.31. The van der Waals surface area contributed by atoms with E-state index in [2.05, 4.69) is 26.7 Å². The second-order valence-corrected chi connectivity index (χ2v) is 7.05. The molecule has 28 heavy (non-hydrogen) atoms. The molecule has 1 aromatic carbocycles. The van der Waals surface area contributed by atoms with Crippen LogP contribution in [-0.2, 0) is 0 Å². The van der Waals surface area contributed by atoms with Gasteiger partial charge in [0.2, 0.25) is 0 Å². The molecule has 3 aliphatic rings. The minimum atomic E-state index is -0.0178. The van der Waals surface area contributed by atoms with E-state index in [9.17, 15) is 4.79 Å². The van der Waals surface area contributed by atoms with Gasteiger partial charge in [0, 0.05) is 50.2 Å². The molecule has 1 aromatic rings. The lowest BCUT2D eigenvalue weighted by Crippen LogP contribution is -2.54. The Hall–Kier alpha value is -3.03. The van der Waals surface area contributed by atoms with Gasteiger partial charge in [0.05, 0.1) is 26.8 Å². The standard InChI is InChI=1S/C20H25N5O3/c1-14-13-22-19-18(21-4-5-25(14)19)23-6-8-24(9-7-23)20(26)15-10-16(27-2)12-17(11-15)28-3/h4-5,10-12,14H,6-9,13H2,1-3H3. The van der Waals surface area contributed by atoms with Gasteiger partial charge in [0.15, 0.2) is 11.7 Å². The lowest BCUT2D eigenvalue weighted by atomic mass is 10.1. The number of hydrogen-bond acceptors (Lipinski definition) is 7. The predicted molar refractivity (Wildman–Crippen MR) is 107 cm³/mol. The number of hydrogen-bond donors (Lipinski definition) is 0. The van der Waals surface area contributed by atoms with Crippen LogP contribution < -0.4 is 9.47 Å². The van der Waals surface area contributed by atoms with Crippen molar-refractivity contribution in [3.05, 3.63) is 36.2 Å². The normalized spacial score (nSPS) is 21.2. The average Bonchev–Trinajstić information content (AvgIpc) is 3.14. The van der Waals surface area contributed by atoms with Crippen LogP contribution in [0.15, 0.2) is 40.6 Å². The van der Waals surface area contributed by atoms with Crippen LogP contribution in [0.4, 0.5) is 0 Å². The van der Waals surface area contributed by atoms with Gasteiger partial charge in [-0.3, -0.25) is 9.79 Å². The monoisotopic (exact) mass is 383 g/mol. The Morgan fingerprint density at radius 2 is 1.71 bits per heavy atom. The van der Waals surface area contributed by atoms with Gasteiger partial charge in [-0.15, -0.1) is 0 Å². The molecule has 1 amide bonds. The van der Waals surface area contributed by atoms with Crippen LogP contribution in [0.2, 0.25) is 0 Å². The van der Waals surface area contributed by atoms with E-state index in [-0.39, 0.29) is 5.91 Å². The molecule has 0 radical (unpaired) electrons. The zero-order valence-corrected chi connectivity index (χ0v) is 16.5. The maximum atomic E-state index is 13.0. The van der Waals surface area contributed by atoms with E-state index in [1.807, 2.05) is 17.3 Å². The number of amidine groups is 2. The number of aliphatic imine (C=N–C) groups is 2. The molecule has 0 aromatic heterocycles. The number of nitrogens with zero attached hydrogens (tertiary/aromatic N) is 5. The van der Waals surface area contributed by atoms with E-state index in [0.717, 1.165) is 31.3 Å². The molecule has 0 aliphatic carbocycles. The molecule has 8 nitrogen and oxygen atoms in total. The second-order valence-electron chi connectivity index (χ2n) is 7.05. The first-order valence-electron chi connectivity index (χ1n) is 9.45. The van der Waals surface area contributed by atoms with Gasteiger partial charge in [-0.1, -0.05) is 0 Å². The first-order valence-corrected chi connectivity index (χ1v) is 9.45. The lowest BCUT2D eigenvalue weighted by Gasteiger charge is -2.38. The van der Waals surface area contributed by atoms with Crippen molar-refractivity contribution in [2.75, 3.05) is 46.9 Å². The van der Waals surface area contributed by atoms with Crippen molar-refractivity contribution in [1.82, 2.24) is 14.7 Å². The number of ether oxygens (including phenoxy) is 2. The minimum absolute atomic E-state index is 0.0178. The maximum absolute atomic E-state index is 13.0. The van der Waals surface area contributed by atoms with Crippen LogP contribution in [0.3, 0.4) is 0 Å². The Balaban J connectivity index is 1.44. The smallest absolute Gasteiger partial charge is 0.254 e. The van der Waals surface area contributed by atoms with Crippen LogP contribution in [0.25, 0.3) is 0 Å². The van der Waals surface area contributed by atoms with Gasteiger partial charge < -0.3 is 24.2 Å². The SMILES string of the molecule is COc1cc(OC)cc(C(=O)N2CCN(C3=NC=CN4C3=NCC4C)CC2)c1. The van der Waals surface area contributed by atoms with Gasteiger partial charge in [-0.25, -0.2) is 4.99 Å². The van der Waals surface area contributed by atoms with E-state index in [1.54, 1.807) is 32.4 Å². The predicted octanol–water partition coefficient (Wildman–Crippen LogP) is 1.45. The molecule has 1 atom stereocenters. The molecule has 1 fully saturated rings. The topological polar surface area (TPSA) is 70.0 Å². The Morgan fingerprint density at radius 3 is 2.36 bits per heavy atom. The summed E-state index contributed by atoms with van der Waals surface area (Å²) in [5.41, 5.74) is 0.572. The molecule has 1 unspecified atom stereocenters. The number of carbonyl (C=O) groups is 1. The molecule has 0 saturated carbocycles. The molecular weight excluding hydrogens is 358 g/mol. The highest BCUT2D eigenvalue weighted by molar-refractivity contribution is 6.41. The summed E-state index contributed by atoms with van der Waals surface area (Å²) < 4.78 is 10.6. The number of carbonyl (C=O) groups excluding carboxylic acids is 1. The summed E-state index contributed by atoms with van der Waals surface area (Å²) in [5.74, 6) is 3.04. The van der Waals surface area contributed by atoms with Crippen molar-refractivity contribution >= 4 is 17.6 Å². The summed E-state index contributed by atoms with van der Waals surface area (Å²) >= 11 is 0. The van der Waals surface area contributed by atoms with Crippen molar-refractivity contribution in [3.63, 3.8) is 0 Å². The van der Waals surface area contributed by atoms with E-state index in [0.29, 0.717) is 36.2 Å². The van der Waals surface area contributed by atoms with Crippen molar-refractivity contribution in [1.29, 1.82) is 0 Å². The van der Waals surface area contributed by atoms with E-state index >= 15 is 0 Å². The Kier molecular flexibility index (Phi) is 4.93. The first-order chi connectivity index (χ1) is 13.6. The van der Waals surface area contributed by atoms with Gasteiger partial charge in [0.25, 0.3) is 5.91 Å². The van der Waals surface area contributed by atoms with Gasteiger partial charge in [0.1, 0.15) is 11.5 Å². The number of amides is 1. The molecule has 148 valence electrons. The number of methoxy groups -OCH3 is 2. The largest absolute Gasteiger partial charge is 0.497 e. The highest BCUT2D eigenvalue weighted by Crippen LogP contribution is 2.24. The molecule has 8 heteroatoms. The highest BCUT2D eigenvalue weighted by atomic mass is 16.5. The second kappa shape index (κ2) is 7.53. The molecule has 3 heterocycles. The molecule has 3 aliphatic heterocycles. The van der Waals surface area contributed by atoms with E-state index in [1.165, 1.54) is 0 Å². The van der Waals surface area contributed by atoms with Crippen LogP contribution in [0.1, 0.15) is 17.3 Å². The summed E-state index contributed by atoms with van der Waals surface area (Å²) in [4.78, 5) is 28.4. The van der Waals surface area contributed by atoms with Crippen LogP contribution in [0, 0.1) is 0 Å². The fraction of sp³-hybridized carbons (Fsp3) is 0.450. The summed E-state index contributed by atoms with van der Waals surface area (Å²) in [5, 5.41) is 0. The molecular formula is C20H25N5O3. The Bertz CT molecular complexity index is 833. The van der Waals surface area contributed by atoms with Gasteiger partial charge >= 0.3 is 0 Å². The van der Waals surface area contributed by atoms with Crippen LogP contribution in [0.5, 0.6) is 11.5 Å². The summed E-state index contributed by atoms with van der Waals surface area (Å²) in [6, 6.07) is 5.63. The van der Waals surface area contributed by atoms with Crippen molar-refractivity contribution in [2.45, 2.75) is 13.0 Å². The quantitative estimate of drug-likeness (QED) is 0.790. The zero-order chi connectivity index (χ0) is 19.7. The van der Waals surface area contributed by atoms with E-state index in [4.69, 9.17) is 9.47 Å². The summed E-state index contributed by atoms with van der Waals surface area (Å²) in [7, 11) is 3.16. The number of piperazine rings is 1.